The second-order valence-corrected chi connectivity index (χ2v) is 3.52. The second kappa shape index (κ2) is 3.88. The minimum atomic E-state index is -0.335. The van der Waals surface area contributed by atoms with Crippen LogP contribution in [-0.2, 0) is 6.54 Å². The molecular formula is C10H12FN5. The monoisotopic (exact) mass is 221 g/mol. The summed E-state index contributed by atoms with van der Waals surface area (Å²) in [6, 6.07) is 3.12. The van der Waals surface area contributed by atoms with Gasteiger partial charge in [-0.3, -0.25) is 0 Å². The number of benzene rings is 1. The third kappa shape index (κ3) is 1.62. The number of aromatic nitrogens is 4. The van der Waals surface area contributed by atoms with Crippen molar-refractivity contribution in [2.75, 3.05) is 5.73 Å². The van der Waals surface area contributed by atoms with E-state index in [0.29, 0.717) is 29.2 Å². The van der Waals surface area contributed by atoms with Crippen LogP contribution in [-0.4, -0.2) is 20.2 Å². The number of tetrazole rings is 1. The van der Waals surface area contributed by atoms with E-state index in [-0.39, 0.29) is 5.82 Å². The molecule has 84 valence electrons. The van der Waals surface area contributed by atoms with Crippen molar-refractivity contribution in [1.29, 1.82) is 0 Å². The lowest BCUT2D eigenvalue weighted by Gasteiger charge is -2.06. The highest BCUT2D eigenvalue weighted by Gasteiger charge is 2.15. The molecule has 0 unspecified atom stereocenters. The Kier molecular flexibility index (Phi) is 2.55. The highest BCUT2D eigenvalue weighted by atomic mass is 19.1. The molecule has 0 fully saturated rings. The van der Waals surface area contributed by atoms with Gasteiger partial charge in [0.15, 0.2) is 5.82 Å². The summed E-state index contributed by atoms with van der Waals surface area (Å²) in [6.45, 7) is 4.13. The fourth-order valence-corrected chi connectivity index (χ4v) is 1.57. The minimum Gasteiger partial charge on any atom is -0.399 e. The van der Waals surface area contributed by atoms with E-state index in [4.69, 9.17) is 5.73 Å². The lowest BCUT2D eigenvalue weighted by molar-refractivity contribution is 0.608. The van der Waals surface area contributed by atoms with Crippen LogP contribution in [0.3, 0.4) is 0 Å². The third-order valence-corrected chi connectivity index (χ3v) is 2.35. The van der Waals surface area contributed by atoms with Crippen molar-refractivity contribution in [2.24, 2.45) is 0 Å². The molecule has 0 saturated heterocycles. The van der Waals surface area contributed by atoms with Gasteiger partial charge in [0, 0.05) is 12.2 Å². The van der Waals surface area contributed by atoms with Gasteiger partial charge in [-0.15, -0.1) is 5.10 Å². The van der Waals surface area contributed by atoms with Crippen molar-refractivity contribution in [3.8, 4) is 11.4 Å². The molecule has 0 bridgehead atoms. The predicted octanol–water partition coefficient (Wildman–Crippen LogP) is 1.39. The van der Waals surface area contributed by atoms with Gasteiger partial charge in [0.2, 0.25) is 0 Å². The molecule has 0 spiro atoms. The number of halogens is 1. The number of anilines is 1. The summed E-state index contributed by atoms with van der Waals surface area (Å²) in [4.78, 5) is 0. The average Bonchev–Trinajstić information content (AvgIpc) is 2.71. The molecule has 0 atom stereocenters. The van der Waals surface area contributed by atoms with Gasteiger partial charge in [-0.25, -0.2) is 9.07 Å². The number of nitrogens with two attached hydrogens (primary N) is 1. The summed E-state index contributed by atoms with van der Waals surface area (Å²) in [5, 5.41) is 11.1. The van der Waals surface area contributed by atoms with Crippen molar-refractivity contribution in [3.05, 3.63) is 23.5 Å². The number of nitrogen functional groups attached to an aromatic ring is 1. The molecule has 0 aliphatic rings. The highest BCUT2D eigenvalue weighted by Crippen LogP contribution is 2.25. The molecule has 2 N–H and O–H groups in total. The lowest BCUT2D eigenvalue weighted by Crippen LogP contribution is -2.02. The molecule has 0 aliphatic heterocycles. The molecule has 1 aromatic carbocycles. The molecule has 5 nitrogen and oxygen atoms in total. The van der Waals surface area contributed by atoms with Gasteiger partial charge in [0.05, 0.1) is 5.56 Å². The van der Waals surface area contributed by atoms with E-state index < -0.39 is 0 Å². The maximum Gasteiger partial charge on any atom is 0.185 e. The largest absolute Gasteiger partial charge is 0.399 e. The Morgan fingerprint density at radius 1 is 1.44 bits per heavy atom. The molecule has 0 radical (unpaired) electrons. The quantitative estimate of drug-likeness (QED) is 0.778. The van der Waals surface area contributed by atoms with E-state index in [9.17, 15) is 4.39 Å². The molecule has 0 aliphatic carbocycles. The summed E-state index contributed by atoms with van der Waals surface area (Å²) in [7, 11) is 0. The van der Waals surface area contributed by atoms with Gasteiger partial charge >= 0.3 is 0 Å². The van der Waals surface area contributed by atoms with E-state index in [1.807, 2.05) is 6.92 Å². The van der Waals surface area contributed by atoms with Crippen LogP contribution in [0, 0.1) is 12.7 Å². The van der Waals surface area contributed by atoms with Gasteiger partial charge in [0.1, 0.15) is 5.82 Å². The van der Waals surface area contributed by atoms with Crippen molar-refractivity contribution in [3.63, 3.8) is 0 Å². The van der Waals surface area contributed by atoms with E-state index >= 15 is 0 Å². The molecule has 2 rings (SSSR count). The van der Waals surface area contributed by atoms with Crippen LogP contribution in [0.15, 0.2) is 12.1 Å². The van der Waals surface area contributed by atoms with Crippen molar-refractivity contribution >= 4 is 5.69 Å². The first-order chi connectivity index (χ1) is 7.63. The zero-order valence-corrected chi connectivity index (χ0v) is 9.11. The minimum absolute atomic E-state index is 0.335. The highest BCUT2D eigenvalue weighted by molar-refractivity contribution is 5.63. The van der Waals surface area contributed by atoms with Crippen molar-refractivity contribution in [1.82, 2.24) is 20.2 Å². The first-order valence-electron chi connectivity index (χ1n) is 4.95. The smallest absolute Gasteiger partial charge is 0.185 e. The van der Waals surface area contributed by atoms with Crippen LogP contribution >= 0.6 is 0 Å². The summed E-state index contributed by atoms with van der Waals surface area (Å²) in [6.07, 6.45) is 0. The molecule has 6 heteroatoms. The Bertz CT molecular complexity index is 520. The molecule has 1 aromatic heterocycles. The molecule has 0 saturated carbocycles. The normalized spacial score (nSPS) is 10.7. The number of hydrogen-bond acceptors (Lipinski definition) is 4. The first kappa shape index (κ1) is 10.5. The SMILES string of the molecule is CCn1nnnc1-c1cc(N)cc(C)c1F. The van der Waals surface area contributed by atoms with Crippen molar-refractivity contribution < 1.29 is 4.39 Å². The number of rotatable bonds is 2. The van der Waals surface area contributed by atoms with Gasteiger partial charge in [-0.2, -0.15) is 0 Å². The summed E-state index contributed by atoms with van der Waals surface area (Å²) in [5.74, 6) is 0.0640. The third-order valence-electron chi connectivity index (χ3n) is 2.35. The molecule has 0 amide bonds. The van der Waals surface area contributed by atoms with E-state index in [2.05, 4.69) is 15.5 Å². The fraction of sp³-hybridized carbons (Fsp3) is 0.300. The average molecular weight is 221 g/mol. The van der Waals surface area contributed by atoms with Crippen LogP contribution < -0.4 is 5.73 Å². The maximum absolute atomic E-state index is 13.9. The van der Waals surface area contributed by atoms with Gasteiger partial charge in [-0.05, 0) is 42.0 Å². The Hall–Kier alpha value is -1.98. The van der Waals surface area contributed by atoms with Crippen LogP contribution in [0.5, 0.6) is 0 Å². The predicted molar refractivity (Wildman–Crippen MR) is 58.0 cm³/mol. The number of hydrogen-bond donors (Lipinski definition) is 1. The van der Waals surface area contributed by atoms with Gasteiger partial charge < -0.3 is 5.73 Å². The Morgan fingerprint density at radius 3 is 2.88 bits per heavy atom. The molecule has 2 aromatic rings. The van der Waals surface area contributed by atoms with Crippen LogP contribution in [0.1, 0.15) is 12.5 Å². The zero-order chi connectivity index (χ0) is 11.7. The van der Waals surface area contributed by atoms with Crippen LogP contribution in [0.25, 0.3) is 11.4 Å². The van der Waals surface area contributed by atoms with Gasteiger partial charge in [-0.1, -0.05) is 0 Å². The van der Waals surface area contributed by atoms with Gasteiger partial charge in [0.25, 0.3) is 0 Å². The molecular weight excluding hydrogens is 209 g/mol. The molecule has 16 heavy (non-hydrogen) atoms. The van der Waals surface area contributed by atoms with Crippen molar-refractivity contribution in [2.45, 2.75) is 20.4 Å². The van der Waals surface area contributed by atoms with Crippen LogP contribution in [0.4, 0.5) is 10.1 Å². The number of aryl methyl sites for hydroxylation is 2. The summed E-state index contributed by atoms with van der Waals surface area (Å²) in [5.41, 5.74) is 7.01. The standard InChI is InChI=1S/C10H12FN5/c1-3-16-10(13-14-15-16)8-5-7(12)4-6(2)9(8)11/h4-5H,3,12H2,1-2H3. The first-order valence-corrected chi connectivity index (χ1v) is 4.95. The summed E-state index contributed by atoms with van der Waals surface area (Å²) >= 11 is 0. The fourth-order valence-electron chi connectivity index (χ4n) is 1.57. The van der Waals surface area contributed by atoms with Crippen LogP contribution in [0.2, 0.25) is 0 Å². The number of nitrogens with zero attached hydrogens (tertiary/aromatic N) is 4. The van der Waals surface area contributed by atoms with E-state index in [1.165, 1.54) is 4.68 Å². The van der Waals surface area contributed by atoms with E-state index in [1.54, 1.807) is 19.1 Å². The Balaban J connectivity index is 2.64. The lowest BCUT2D eigenvalue weighted by atomic mass is 10.1. The Labute approximate surface area is 92.1 Å². The zero-order valence-electron chi connectivity index (χ0n) is 9.11. The second-order valence-electron chi connectivity index (χ2n) is 3.52. The summed E-state index contributed by atoms with van der Waals surface area (Å²) < 4.78 is 15.4. The van der Waals surface area contributed by atoms with E-state index in [0.717, 1.165) is 0 Å². The Morgan fingerprint density at radius 2 is 2.19 bits per heavy atom. The molecule has 1 heterocycles. The maximum atomic E-state index is 13.9. The topological polar surface area (TPSA) is 69.6 Å².